The Balaban J connectivity index is 1.46. The number of methoxy groups -OCH3 is 1. The van der Waals surface area contributed by atoms with Crippen LogP contribution in [0.25, 0.3) is 0 Å². The van der Waals surface area contributed by atoms with Gasteiger partial charge in [-0.3, -0.25) is 4.68 Å². The van der Waals surface area contributed by atoms with E-state index in [1.54, 1.807) is 17.5 Å². The number of aromatic nitrogens is 2. The van der Waals surface area contributed by atoms with E-state index in [4.69, 9.17) is 17.0 Å². The molecule has 0 saturated heterocycles. The zero-order valence-electron chi connectivity index (χ0n) is 16.8. The number of nitrogens with one attached hydrogen (secondary N) is 2. The Kier molecular flexibility index (Phi) is 6.44. The lowest BCUT2D eigenvalue weighted by molar-refractivity contribution is 0.0601. The SMILES string of the molecule is COC(=O)c1c(NC(=S)Nc2cnn(Cc3ccccc3)c2)sc2c1CCCCC2. The second-order valence-corrected chi connectivity index (χ2v) is 8.76. The molecule has 6 nitrogen and oxygen atoms in total. The number of thiophene rings is 1. The van der Waals surface area contributed by atoms with Crippen molar-refractivity contribution in [3.05, 3.63) is 64.3 Å². The average Bonchev–Trinajstić information content (AvgIpc) is 3.24. The minimum atomic E-state index is -0.310. The van der Waals surface area contributed by atoms with Gasteiger partial charge in [-0.15, -0.1) is 11.3 Å². The van der Waals surface area contributed by atoms with Crippen LogP contribution < -0.4 is 10.6 Å². The van der Waals surface area contributed by atoms with E-state index in [1.165, 1.54) is 24.0 Å². The normalized spacial score (nSPS) is 13.2. The predicted octanol–water partition coefficient (Wildman–Crippen LogP) is 4.86. The van der Waals surface area contributed by atoms with E-state index in [1.807, 2.05) is 29.1 Å². The van der Waals surface area contributed by atoms with Gasteiger partial charge < -0.3 is 15.4 Å². The summed E-state index contributed by atoms with van der Waals surface area (Å²) >= 11 is 7.11. The summed E-state index contributed by atoms with van der Waals surface area (Å²) in [5, 5.41) is 11.9. The van der Waals surface area contributed by atoms with E-state index >= 15 is 0 Å². The number of esters is 1. The first-order chi connectivity index (χ1) is 14.6. The molecule has 0 atom stereocenters. The molecule has 0 amide bonds. The quantitative estimate of drug-likeness (QED) is 0.336. The zero-order chi connectivity index (χ0) is 20.9. The highest BCUT2D eigenvalue weighted by Gasteiger charge is 2.25. The fourth-order valence-corrected chi connectivity index (χ4v) is 5.27. The van der Waals surface area contributed by atoms with Gasteiger partial charge in [-0.2, -0.15) is 5.10 Å². The van der Waals surface area contributed by atoms with Crippen molar-refractivity contribution in [2.45, 2.75) is 38.6 Å². The molecule has 1 aliphatic rings. The second kappa shape index (κ2) is 9.40. The second-order valence-electron chi connectivity index (χ2n) is 7.25. The van der Waals surface area contributed by atoms with Crippen LogP contribution in [-0.2, 0) is 24.1 Å². The lowest BCUT2D eigenvalue weighted by Crippen LogP contribution is -2.20. The van der Waals surface area contributed by atoms with Crippen molar-refractivity contribution in [3.8, 4) is 0 Å². The summed E-state index contributed by atoms with van der Waals surface area (Å²) < 4.78 is 6.91. The predicted molar refractivity (Wildman–Crippen MR) is 125 cm³/mol. The molecule has 8 heteroatoms. The summed E-state index contributed by atoms with van der Waals surface area (Å²) in [6, 6.07) is 10.2. The third-order valence-corrected chi connectivity index (χ3v) is 6.53. The van der Waals surface area contributed by atoms with Gasteiger partial charge in [0.05, 0.1) is 31.1 Å². The fraction of sp³-hybridized carbons (Fsp3) is 0.318. The van der Waals surface area contributed by atoms with Crippen LogP contribution in [0.1, 0.15) is 45.6 Å². The van der Waals surface area contributed by atoms with Crippen molar-refractivity contribution in [3.63, 3.8) is 0 Å². The first-order valence-electron chi connectivity index (χ1n) is 10.0. The maximum Gasteiger partial charge on any atom is 0.341 e. The molecule has 2 N–H and O–H groups in total. The number of benzene rings is 1. The number of carbonyl (C=O) groups excluding carboxylic acids is 1. The highest BCUT2D eigenvalue weighted by Crippen LogP contribution is 2.38. The molecule has 4 rings (SSSR count). The van der Waals surface area contributed by atoms with E-state index < -0.39 is 0 Å². The molecule has 0 unspecified atom stereocenters. The number of ether oxygens (including phenoxy) is 1. The Morgan fingerprint density at radius 1 is 1.20 bits per heavy atom. The Bertz CT molecular complexity index is 1040. The van der Waals surface area contributed by atoms with Gasteiger partial charge in [-0.05, 0) is 49.0 Å². The number of rotatable bonds is 5. The molecule has 1 aromatic carbocycles. The number of carbonyl (C=O) groups is 1. The lowest BCUT2D eigenvalue weighted by Gasteiger charge is -2.10. The number of anilines is 2. The van der Waals surface area contributed by atoms with Crippen molar-refractivity contribution < 1.29 is 9.53 Å². The molecular formula is C22H24N4O2S2. The Morgan fingerprint density at radius 3 is 2.80 bits per heavy atom. The molecule has 0 spiro atoms. The van der Waals surface area contributed by atoms with E-state index in [0.717, 1.165) is 41.9 Å². The summed E-state index contributed by atoms with van der Waals surface area (Å²) in [7, 11) is 1.42. The van der Waals surface area contributed by atoms with Gasteiger partial charge in [-0.25, -0.2) is 4.79 Å². The van der Waals surface area contributed by atoms with Crippen LogP contribution in [0.3, 0.4) is 0 Å². The molecule has 0 aliphatic heterocycles. The Labute approximate surface area is 185 Å². The van der Waals surface area contributed by atoms with Gasteiger partial charge in [-0.1, -0.05) is 36.8 Å². The maximum atomic E-state index is 12.5. The Hall–Kier alpha value is -2.71. The summed E-state index contributed by atoms with van der Waals surface area (Å²) in [4.78, 5) is 13.7. The van der Waals surface area contributed by atoms with E-state index in [-0.39, 0.29) is 5.97 Å². The van der Waals surface area contributed by atoms with E-state index in [9.17, 15) is 4.79 Å². The van der Waals surface area contributed by atoms with Gasteiger partial charge in [0.1, 0.15) is 5.00 Å². The van der Waals surface area contributed by atoms with Crippen LogP contribution in [0.5, 0.6) is 0 Å². The number of hydrogen-bond donors (Lipinski definition) is 2. The van der Waals surface area contributed by atoms with Crippen molar-refractivity contribution in [2.75, 3.05) is 17.7 Å². The minimum Gasteiger partial charge on any atom is -0.465 e. The summed E-state index contributed by atoms with van der Waals surface area (Å²) in [5.41, 5.74) is 3.71. The summed E-state index contributed by atoms with van der Waals surface area (Å²) in [6.07, 6.45) is 8.99. The highest BCUT2D eigenvalue weighted by atomic mass is 32.1. The first kappa shape index (κ1) is 20.6. The lowest BCUT2D eigenvalue weighted by atomic mass is 10.1. The first-order valence-corrected chi connectivity index (χ1v) is 11.2. The molecule has 2 heterocycles. The van der Waals surface area contributed by atoms with Crippen LogP contribution in [0, 0.1) is 0 Å². The molecule has 0 radical (unpaired) electrons. The van der Waals surface area contributed by atoms with Gasteiger partial charge in [0.2, 0.25) is 0 Å². The number of hydrogen-bond acceptors (Lipinski definition) is 5. The summed E-state index contributed by atoms with van der Waals surface area (Å²) in [6.45, 7) is 0.687. The molecule has 156 valence electrons. The van der Waals surface area contributed by atoms with E-state index in [0.29, 0.717) is 17.2 Å². The van der Waals surface area contributed by atoms with Gasteiger partial charge in [0.25, 0.3) is 0 Å². The standard InChI is InChI=1S/C22H24N4O2S2/c1-28-21(27)19-17-10-6-3-7-11-18(17)30-20(19)25-22(29)24-16-12-23-26(14-16)13-15-8-4-2-5-9-15/h2,4-5,8-9,12,14H,3,6-7,10-11,13H2,1H3,(H2,24,25,29). The van der Waals surface area contributed by atoms with Crippen molar-refractivity contribution in [1.29, 1.82) is 0 Å². The van der Waals surface area contributed by atoms with Gasteiger partial charge in [0, 0.05) is 11.1 Å². The number of fused-ring (bicyclic) bond motifs is 1. The van der Waals surface area contributed by atoms with Crippen LogP contribution in [0.4, 0.5) is 10.7 Å². The van der Waals surface area contributed by atoms with Crippen LogP contribution in [0.15, 0.2) is 42.7 Å². The monoisotopic (exact) mass is 440 g/mol. The largest absolute Gasteiger partial charge is 0.465 e. The Morgan fingerprint density at radius 2 is 2.00 bits per heavy atom. The summed E-state index contributed by atoms with van der Waals surface area (Å²) in [5.74, 6) is -0.310. The smallest absolute Gasteiger partial charge is 0.341 e. The molecular weight excluding hydrogens is 416 g/mol. The van der Waals surface area contributed by atoms with Crippen LogP contribution >= 0.6 is 23.6 Å². The molecule has 2 aromatic heterocycles. The third-order valence-electron chi connectivity index (χ3n) is 5.12. The minimum absolute atomic E-state index is 0.310. The molecule has 0 bridgehead atoms. The molecule has 0 saturated carbocycles. The maximum absolute atomic E-state index is 12.5. The fourth-order valence-electron chi connectivity index (χ4n) is 3.70. The molecule has 1 aliphatic carbocycles. The van der Waals surface area contributed by atoms with Gasteiger partial charge >= 0.3 is 5.97 Å². The average molecular weight is 441 g/mol. The number of thiocarbonyl (C=S) groups is 1. The van der Waals surface area contributed by atoms with Crippen molar-refractivity contribution in [1.82, 2.24) is 9.78 Å². The topological polar surface area (TPSA) is 68.2 Å². The molecule has 3 aromatic rings. The third kappa shape index (κ3) is 4.71. The van der Waals surface area contributed by atoms with Crippen molar-refractivity contribution in [2.24, 2.45) is 0 Å². The highest BCUT2D eigenvalue weighted by molar-refractivity contribution is 7.80. The number of aryl methyl sites for hydroxylation is 1. The molecule has 30 heavy (non-hydrogen) atoms. The van der Waals surface area contributed by atoms with Crippen LogP contribution in [-0.4, -0.2) is 28.0 Å². The van der Waals surface area contributed by atoms with E-state index in [2.05, 4.69) is 27.9 Å². The zero-order valence-corrected chi connectivity index (χ0v) is 18.4. The molecule has 0 fully saturated rings. The number of nitrogens with zero attached hydrogens (tertiary/aromatic N) is 2. The van der Waals surface area contributed by atoms with Crippen molar-refractivity contribution >= 4 is 45.3 Å². The van der Waals surface area contributed by atoms with Crippen LogP contribution in [0.2, 0.25) is 0 Å². The van der Waals surface area contributed by atoms with Gasteiger partial charge in [0.15, 0.2) is 5.11 Å².